The van der Waals surface area contributed by atoms with E-state index < -0.39 is 0 Å². The molecule has 0 atom stereocenters. The Kier molecular flexibility index (Phi) is 3.52. The predicted octanol–water partition coefficient (Wildman–Crippen LogP) is 2.55. The molecule has 14 heavy (non-hydrogen) atoms. The Hall–Kier alpha value is -1.03. The Bertz CT molecular complexity index is 361. The highest BCUT2D eigenvalue weighted by molar-refractivity contribution is 9.10. The molecule has 0 aromatic heterocycles. The van der Waals surface area contributed by atoms with Crippen molar-refractivity contribution < 1.29 is 14.3 Å². The SMILES string of the molecule is COC(=O)c1cc(OC)cc(Br)c1C. The third-order valence-electron chi connectivity index (χ3n) is 1.96. The molecule has 0 saturated heterocycles. The highest BCUT2D eigenvalue weighted by atomic mass is 79.9. The van der Waals surface area contributed by atoms with E-state index in [2.05, 4.69) is 20.7 Å². The standard InChI is InChI=1S/C10H11BrO3/c1-6-8(10(12)14-3)4-7(13-2)5-9(6)11/h4-5H,1-3H3. The van der Waals surface area contributed by atoms with Gasteiger partial charge in [-0.1, -0.05) is 15.9 Å². The van der Waals surface area contributed by atoms with Crippen LogP contribution in [0.1, 0.15) is 15.9 Å². The smallest absolute Gasteiger partial charge is 0.338 e. The largest absolute Gasteiger partial charge is 0.497 e. The molecule has 0 radical (unpaired) electrons. The summed E-state index contributed by atoms with van der Waals surface area (Å²) in [7, 11) is 2.91. The van der Waals surface area contributed by atoms with Gasteiger partial charge in [0.1, 0.15) is 5.75 Å². The van der Waals surface area contributed by atoms with Crippen LogP contribution in [-0.2, 0) is 4.74 Å². The first-order valence-corrected chi connectivity index (χ1v) is 4.82. The second kappa shape index (κ2) is 4.46. The molecule has 4 heteroatoms. The van der Waals surface area contributed by atoms with Gasteiger partial charge in [-0.25, -0.2) is 4.79 Å². The van der Waals surface area contributed by atoms with Gasteiger partial charge in [-0.3, -0.25) is 0 Å². The lowest BCUT2D eigenvalue weighted by Crippen LogP contribution is -2.04. The number of hydrogen-bond acceptors (Lipinski definition) is 3. The van der Waals surface area contributed by atoms with Gasteiger partial charge in [0.2, 0.25) is 0 Å². The van der Waals surface area contributed by atoms with Crippen molar-refractivity contribution in [2.24, 2.45) is 0 Å². The number of halogens is 1. The summed E-state index contributed by atoms with van der Waals surface area (Å²) >= 11 is 3.35. The summed E-state index contributed by atoms with van der Waals surface area (Å²) in [5, 5.41) is 0. The number of esters is 1. The maximum absolute atomic E-state index is 11.4. The maximum Gasteiger partial charge on any atom is 0.338 e. The zero-order chi connectivity index (χ0) is 10.7. The van der Waals surface area contributed by atoms with E-state index >= 15 is 0 Å². The molecule has 0 aliphatic rings. The molecule has 0 bridgehead atoms. The number of carbonyl (C=O) groups excluding carboxylic acids is 1. The van der Waals surface area contributed by atoms with E-state index in [-0.39, 0.29) is 5.97 Å². The van der Waals surface area contributed by atoms with E-state index in [1.807, 2.05) is 13.0 Å². The van der Waals surface area contributed by atoms with Gasteiger partial charge in [-0.05, 0) is 24.6 Å². The molecule has 0 aliphatic heterocycles. The Morgan fingerprint density at radius 3 is 2.50 bits per heavy atom. The van der Waals surface area contributed by atoms with Crippen molar-refractivity contribution in [2.75, 3.05) is 14.2 Å². The maximum atomic E-state index is 11.4. The highest BCUT2D eigenvalue weighted by Gasteiger charge is 2.13. The Morgan fingerprint density at radius 1 is 1.36 bits per heavy atom. The van der Waals surface area contributed by atoms with Gasteiger partial charge in [0, 0.05) is 4.47 Å². The fraction of sp³-hybridized carbons (Fsp3) is 0.300. The Labute approximate surface area is 91.1 Å². The van der Waals surface area contributed by atoms with Gasteiger partial charge in [-0.2, -0.15) is 0 Å². The number of ether oxygens (including phenoxy) is 2. The first-order valence-electron chi connectivity index (χ1n) is 4.02. The van der Waals surface area contributed by atoms with Crippen LogP contribution in [0.25, 0.3) is 0 Å². The fourth-order valence-corrected chi connectivity index (χ4v) is 1.53. The number of benzene rings is 1. The van der Waals surface area contributed by atoms with Crippen LogP contribution in [0.15, 0.2) is 16.6 Å². The van der Waals surface area contributed by atoms with E-state index in [0.717, 1.165) is 10.0 Å². The summed E-state index contributed by atoms with van der Waals surface area (Å²) in [4.78, 5) is 11.4. The monoisotopic (exact) mass is 258 g/mol. The Balaban J connectivity index is 3.27. The van der Waals surface area contributed by atoms with E-state index in [9.17, 15) is 4.79 Å². The van der Waals surface area contributed by atoms with E-state index in [1.54, 1.807) is 13.2 Å². The normalized spacial score (nSPS) is 9.71. The lowest BCUT2D eigenvalue weighted by atomic mass is 10.1. The van der Waals surface area contributed by atoms with Gasteiger partial charge in [-0.15, -0.1) is 0 Å². The Morgan fingerprint density at radius 2 is 2.00 bits per heavy atom. The molecule has 0 amide bonds. The average Bonchev–Trinajstić information content (AvgIpc) is 2.20. The van der Waals surface area contributed by atoms with Gasteiger partial charge in [0.05, 0.1) is 19.8 Å². The minimum atomic E-state index is -0.359. The number of hydrogen-bond donors (Lipinski definition) is 0. The minimum absolute atomic E-state index is 0.359. The number of carbonyl (C=O) groups is 1. The summed E-state index contributed by atoms with van der Waals surface area (Å²) in [5.41, 5.74) is 1.36. The first-order chi connectivity index (χ1) is 6.60. The fourth-order valence-electron chi connectivity index (χ4n) is 1.09. The zero-order valence-corrected chi connectivity index (χ0v) is 9.84. The zero-order valence-electron chi connectivity index (χ0n) is 8.26. The van der Waals surface area contributed by atoms with Crippen LogP contribution >= 0.6 is 15.9 Å². The van der Waals surface area contributed by atoms with Crippen LogP contribution in [0.2, 0.25) is 0 Å². The molecule has 0 aliphatic carbocycles. The topological polar surface area (TPSA) is 35.5 Å². The molecule has 3 nitrogen and oxygen atoms in total. The summed E-state index contributed by atoms with van der Waals surface area (Å²) < 4.78 is 10.5. The van der Waals surface area contributed by atoms with Crippen LogP contribution in [-0.4, -0.2) is 20.2 Å². The molecule has 0 spiro atoms. The van der Waals surface area contributed by atoms with Crippen molar-refractivity contribution in [1.29, 1.82) is 0 Å². The highest BCUT2D eigenvalue weighted by Crippen LogP contribution is 2.26. The molecule has 0 heterocycles. The molecule has 1 aromatic rings. The van der Waals surface area contributed by atoms with Crippen molar-refractivity contribution in [3.05, 3.63) is 27.7 Å². The van der Waals surface area contributed by atoms with Crippen molar-refractivity contribution >= 4 is 21.9 Å². The quantitative estimate of drug-likeness (QED) is 0.765. The molecule has 1 aromatic carbocycles. The lowest BCUT2D eigenvalue weighted by molar-refractivity contribution is 0.0599. The summed E-state index contributed by atoms with van der Waals surface area (Å²) in [5.74, 6) is 0.268. The van der Waals surface area contributed by atoms with Crippen LogP contribution in [0, 0.1) is 6.92 Å². The molecular formula is C10H11BrO3. The third-order valence-corrected chi connectivity index (χ3v) is 2.78. The predicted molar refractivity (Wildman–Crippen MR) is 56.8 cm³/mol. The third kappa shape index (κ3) is 2.07. The van der Waals surface area contributed by atoms with Gasteiger partial charge < -0.3 is 9.47 Å². The van der Waals surface area contributed by atoms with Crippen molar-refractivity contribution in [1.82, 2.24) is 0 Å². The molecule has 76 valence electrons. The second-order valence-electron chi connectivity index (χ2n) is 2.77. The van der Waals surface area contributed by atoms with E-state index in [4.69, 9.17) is 4.74 Å². The summed E-state index contributed by atoms with van der Waals surface area (Å²) in [6, 6.07) is 3.47. The van der Waals surface area contributed by atoms with Crippen LogP contribution in [0.5, 0.6) is 5.75 Å². The van der Waals surface area contributed by atoms with Crippen molar-refractivity contribution in [3.63, 3.8) is 0 Å². The lowest BCUT2D eigenvalue weighted by Gasteiger charge is -2.08. The number of methoxy groups -OCH3 is 2. The molecule has 1 rings (SSSR count). The molecule has 0 unspecified atom stereocenters. The first kappa shape index (κ1) is 11.0. The average molecular weight is 259 g/mol. The molecule has 0 fully saturated rings. The number of rotatable bonds is 2. The van der Waals surface area contributed by atoms with Crippen molar-refractivity contribution in [2.45, 2.75) is 6.92 Å². The molecule has 0 N–H and O–H groups in total. The molecule has 0 saturated carbocycles. The van der Waals surface area contributed by atoms with Crippen LogP contribution < -0.4 is 4.74 Å². The van der Waals surface area contributed by atoms with E-state index in [0.29, 0.717) is 11.3 Å². The van der Waals surface area contributed by atoms with Crippen LogP contribution in [0.3, 0.4) is 0 Å². The van der Waals surface area contributed by atoms with Crippen LogP contribution in [0.4, 0.5) is 0 Å². The van der Waals surface area contributed by atoms with Gasteiger partial charge >= 0.3 is 5.97 Å². The second-order valence-corrected chi connectivity index (χ2v) is 3.63. The summed E-state index contributed by atoms with van der Waals surface area (Å²) in [6.45, 7) is 1.84. The van der Waals surface area contributed by atoms with E-state index in [1.165, 1.54) is 7.11 Å². The van der Waals surface area contributed by atoms with Gasteiger partial charge in [0.15, 0.2) is 0 Å². The molecular weight excluding hydrogens is 248 g/mol. The van der Waals surface area contributed by atoms with Crippen molar-refractivity contribution in [3.8, 4) is 5.75 Å². The summed E-state index contributed by atoms with van der Waals surface area (Å²) in [6.07, 6.45) is 0. The van der Waals surface area contributed by atoms with Gasteiger partial charge in [0.25, 0.3) is 0 Å². The minimum Gasteiger partial charge on any atom is -0.497 e.